The van der Waals surface area contributed by atoms with Crippen molar-refractivity contribution in [1.29, 1.82) is 0 Å². The minimum atomic E-state index is -0.703. The highest BCUT2D eigenvalue weighted by molar-refractivity contribution is 6.31. The van der Waals surface area contributed by atoms with E-state index >= 15 is 0 Å². The van der Waals surface area contributed by atoms with Crippen LogP contribution in [0.2, 0.25) is 5.02 Å². The lowest BCUT2D eigenvalue weighted by Gasteiger charge is -2.41. The van der Waals surface area contributed by atoms with Gasteiger partial charge in [-0.3, -0.25) is 9.69 Å². The molecule has 2 N–H and O–H groups in total. The molecule has 1 aliphatic heterocycles. The van der Waals surface area contributed by atoms with E-state index in [1.165, 1.54) is 14.2 Å². The van der Waals surface area contributed by atoms with Gasteiger partial charge in [0, 0.05) is 22.7 Å². The molecule has 0 radical (unpaired) electrons. The van der Waals surface area contributed by atoms with Crippen molar-refractivity contribution in [3.05, 3.63) is 75.2 Å². The molecule has 4 rings (SSSR count). The fourth-order valence-electron chi connectivity index (χ4n) is 4.78. The molecular weight excluding hydrogens is 456 g/mol. The number of hydrogen-bond donors (Lipinski definition) is 1. The van der Waals surface area contributed by atoms with Gasteiger partial charge in [-0.1, -0.05) is 23.7 Å². The quantitative estimate of drug-likeness (QED) is 0.621. The van der Waals surface area contributed by atoms with E-state index in [0.29, 0.717) is 46.9 Å². The van der Waals surface area contributed by atoms with Crippen LogP contribution in [-0.2, 0) is 14.3 Å². The van der Waals surface area contributed by atoms with Crippen LogP contribution >= 0.6 is 11.6 Å². The Bertz CT molecular complexity index is 1230. The molecule has 0 saturated carbocycles. The number of Topliss-reactive ketones (excluding diaryl/α,β-unsaturated/α-hetero) is 1. The Labute approximate surface area is 203 Å². The van der Waals surface area contributed by atoms with Crippen LogP contribution in [0.1, 0.15) is 36.3 Å². The van der Waals surface area contributed by atoms with E-state index in [-0.39, 0.29) is 17.2 Å². The van der Waals surface area contributed by atoms with Gasteiger partial charge in [0.25, 0.3) is 0 Å². The molecule has 178 valence electrons. The Morgan fingerprint density at radius 2 is 1.82 bits per heavy atom. The van der Waals surface area contributed by atoms with Gasteiger partial charge in [0.15, 0.2) is 17.3 Å². The first-order valence-corrected chi connectivity index (χ1v) is 11.3. The molecule has 2 aromatic carbocycles. The molecule has 0 aromatic heterocycles. The van der Waals surface area contributed by atoms with Gasteiger partial charge >= 0.3 is 5.97 Å². The first-order valence-electron chi connectivity index (χ1n) is 10.9. The zero-order valence-electron chi connectivity index (χ0n) is 19.6. The van der Waals surface area contributed by atoms with Gasteiger partial charge in [-0.25, -0.2) is 4.79 Å². The maximum absolute atomic E-state index is 13.4. The molecule has 2 aromatic rings. The van der Waals surface area contributed by atoms with Crippen molar-refractivity contribution in [3.63, 3.8) is 0 Å². The lowest BCUT2D eigenvalue weighted by molar-refractivity contribution is -0.136. The predicted molar refractivity (Wildman–Crippen MR) is 130 cm³/mol. The number of hydrogen-bond acceptors (Lipinski definition) is 7. The van der Waals surface area contributed by atoms with Gasteiger partial charge in [0.05, 0.1) is 38.5 Å². The Morgan fingerprint density at radius 3 is 2.50 bits per heavy atom. The van der Waals surface area contributed by atoms with Gasteiger partial charge in [-0.15, -0.1) is 0 Å². The highest BCUT2D eigenvalue weighted by Crippen LogP contribution is 2.48. The van der Waals surface area contributed by atoms with Crippen molar-refractivity contribution in [3.8, 4) is 11.5 Å². The normalized spacial score (nSPS) is 18.1. The zero-order valence-corrected chi connectivity index (χ0v) is 20.4. The Balaban J connectivity index is 2.03. The van der Waals surface area contributed by atoms with E-state index in [0.717, 1.165) is 16.9 Å². The van der Waals surface area contributed by atoms with Crippen LogP contribution in [0.5, 0.6) is 11.5 Å². The second-order valence-corrected chi connectivity index (χ2v) is 8.60. The number of rotatable bonds is 5. The maximum Gasteiger partial charge on any atom is 0.338 e. The number of halogens is 1. The number of carbonyl (C=O) groups is 2. The van der Waals surface area contributed by atoms with E-state index in [1.807, 2.05) is 25.1 Å². The second-order valence-electron chi connectivity index (χ2n) is 8.19. The summed E-state index contributed by atoms with van der Waals surface area (Å²) >= 11 is 6.41. The molecule has 0 amide bonds. The van der Waals surface area contributed by atoms with Gasteiger partial charge in [-0.2, -0.15) is 0 Å². The van der Waals surface area contributed by atoms with E-state index < -0.39 is 11.9 Å². The minimum absolute atomic E-state index is 0.0281. The molecule has 0 fully saturated rings. The summed E-state index contributed by atoms with van der Waals surface area (Å²) in [7, 11) is 4.39. The van der Waals surface area contributed by atoms with Gasteiger partial charge in [0.1, 0.15) is 5.82 Å². The number of allylic oxidation sites excluding steroid dienone is 2. The Kier molecular flexibility index (Phi) is 6.57. The third-order valence-electron chi connectivity index (χ3n) is 6.42. The van der Waals surface area contributed by atoms with Gasteiger partial charge in [0.2, 0.25) is 0 Å². The summed E-state index contributed by atoms with van der Waals surface area (Å²) in [6, 6.07) is 10.8. The van der Waals surface area contributed by atoms with Crippen LogP contribution in [0.3, 0.4) is 0 Å². The fourth-order valence-corrected chi connectivity index (χ4v) is 4.95. The molecule has 1 atom stereocenters. The first-order chi connectivity index (χ1) is 16.3. The molecule has 0 saturated heterocycles. The van der Waals surface area contributed by atoms with Crippen molar-refractivity contribution >= 4 is 29.0 Å². The fraction of sp³-hybridized carbons (Fsp3) is 0.308. The standard InChI is InChI=1S/C26H27ClN2O5/c1-14-16(27)7-5-8-17(14)29-18-9-6-10-19(30)23(18)22(24(25(29)28)26(31)34-4)15-11-12-20(32-2)21(13-15)33-3/h5,7-8,11-13,22H,6,9-10,28H2,1-4H3. The molecule has 2 aliphatic rings. The third-order valence-corrected chi connectivity index (χ3v) is 6.83. The van der Waals surface area contributed by atoms with E-state index in [2.05, 4.69) is 0 Å². The Hall–Kier alpha value is -3.45. The summed E-state index contributed by atoms with van der Waals surface area (Å²) in [6.07, 6.45) is 1.71. The van der Waals surface area contributed by atoms with Crippen molar-refractivity contribution in [2.24, 2.45) is 5.73 Å². The maximum atomic E-state index is 13.4. The smallest absolute Gasteiger partial charge is 0.338 e. The van der Waals surface area contributed by atoms with Crippen molar-refractivity contribution in [1.82, 2.24) is 0 Å². The van der Waals surface area contributed by atoms with Gasteiger partial charge in [-0.05, 0) is 55.2 Å². The van der Waals surface area contributed by atoms with E-state index in [1.54, 1.807) is 30.2 Å². The molecule has 1 aliphatic carbocycles. The topological polar surface area (TPSA) is 91.1 Å². The highest BCUT2D eigenvalue weighted by atomic mass is 35.5. The van der Waals surface area contributed by atoms with Crippen LogP contribution in [0.15, 0.2) is 59.1 Å². The number of nitrogens with zero attached hydrogens (tertiary/aromatic N) is 1. The monoisotopic (exact) mass is 482 g/mol. The zero-order chi connectivity index (χ0) is 24.6. The van der Waals surface area contributed by atoms with E-state index in [4.69, 9.17) is 31.5 Å². The summed E-state index contributed by atoms with van der Waals surface area (Å²) in [4.78, 5) is 28.3. The van der Waals surface area contributed by atoms with Gasteiger partial charge < -0.3 is 19.9 Å². The number of nitrogens with two attached hydrogens (primary N) is 1. The molecule has 7 nitrogen and oxygen atoms in total. The summed E-state index contributed by atoms with van der Waals surface area (Å²) in [6.45, 7) is 1.88. The average Bonchev–Trinajstić information content (AvgIpc) is 2.84. The van der Waals surface area contributed by atoms with Crippen LogP contribution in [0.4, 0.5) is 5.69 Å². The number of benzene rings is 2. The van der Waals surface area contributed by atoms with Crippen LogP contribution < -0.4 is 20.1 Å². The number of ketones is 1. The Morgan fingerprint density at radius 1 is 1.09 bits per heavy atom. The molecule has 0 spiro atoms. The van der Waals surface area contributed by atoms with Crippen molar-refractivity contribution < 1.29 is 23.8 Å². The second kappa shape index (κ2) is 9.43. The van der Waals surface area contributed by atoms with Crippen molar-refractivity contribution in [2.75, 3.05) is 26.2 Å². The number of ether oxygens (including phenoxy) is 3. The lowest BCUT2D eigenvalue weighted by Crippen LogP contribution is -2.41. The molecule has 1 unspecified atom stereocenters. The van der Waals surface area contributed by atoms with E-state index in [9.17, 15) is 9.59 Å². The van der Waals surface area contributed by atoms with Crippen LogP contribution in [0.25, 0.3) is 0 Å². The predicted octanol–water partition coefficient (Wildman–Crippen LogP) is 4.62. The van der Waals surface area contributed by atoms with Crippen LogP contribution in [0, 0.1) is 6.92 Å². The number of methoxy groups -OCH3 is 3. The minimum Gasteiger partial charge on any atom is -0.493 e. The molecule has 0 bridgehead atoms. The highest BCUT2D eigenvalue weighted by Gasteiger charge is 2.43. The largest absolute Gasteiger partial charge is 0.493 e. The average molecular weight is 483 g/mol. The van der Waals surface area contributed by atoms with Crippen molar-refractivity contribution in [2.45, 2.75) is 32.1 Å². The number of anilines is 1. The van der Waals surface area contributed by atoms with Crippen LogP contribution in [-0.4, -0.2) is 33.1 Å². The summed E-state index contributed by atoms with van der Waals surface area (Å²) in [5.41, 5.74) is 10.4. The SMILES string of the molecule is COC(=O)C1=C(N)N(c2cccc(Cl)c2C)C2=C(C(=O)CCC2)C1c1ccc(OC)c(OC)c1. The third kappa shape index (κ3) is 3.80. The number of carbonyl (C=O) groups excluding carboxylic acids is 2. The molecule has 1 heterocycles. The molecular formula is C26H27ClN2O5. The number of esters is 1. The summed E-state index contributed by atoms with van der Waals surface area (Å²) < 4.78 is 16.0. The summed E-state index contributed by atoms with van der Waals surface area (Å²) in [5, 5.41) is 0.566. The first kappa shape index (κ1) is 23.7. The summed E-state index contributed by atoms with van der Waals surface area (Å²) in [5.74, 6) is -0.0944. The molecule has 34 heavy (non-hydrogen) atoms. The lowest BCUT2D eigenvalue weighted by atomic mass is 9.75. The molecule has 8 heteroatoms.